The topological polar surface area (TPSA) is 32.7 Å². The van der Waals surface area contributed by atoms with Gasteiger partial charge in [0.15, 0.2) is 11.6 Å². The molecule has 0 aliphatic carbocycles. The summed E-state index contributed by atoms with van der Waals surface area (Å²) in [6.07, 6.45) is 0.0830. The van der Waals surface area contributed by atoms with Gasteiger partial charge in [0, 0.05) is 20.2 Å². The number of hydrogen-bond acceptors (Lipinski definition) is 3. The van der Waals surface area contributed by atoms with Crippen molar-refractivity contribution >= 4 is 0 Å². The minimum atomic E-state index is -0.877. The first kappa shape index (κ1) is 13.4. The number of aliphatic hydroxyl groups excluding tert-OH is 1. The quantitative estimate of drug-likeness (QED) is 0.891. The van der Waals surface area contributed by atoms with Crippen LogP contribution in [0.15, 0.2) is 18.2 Å². The Morgan fingerprint density at radius 3 is 2.83 bits per heavy atom. The number of methoxy groups -OCH3 is 1. The maximum atomic E-state index is 13.2. The van der Waals surface area contributed by atoms with E-state index in [4.69, 9.17) is 4.74 Å². The fourth-order valence-electron chi connectivity index (χ4n) is 2.43. The molecule has 0 spiro atoms. The Kier molecular flexibility index (Phi) is 4.27. The summed E-state index contributed by atoms with van der Waals surface area (Å²) in [6, 6.07) is 3.51. The zero-order valence-corrected chi connectivity index (χ0v) is 10.3. The molecule has 18 heavy (non-hydrogen) atoms. The molecule has 1 heterocycles. The van der Waals surface area contributed by atoms with Crippen LogP contribution in [0.5, 0.6) is 0 Å². The SMILES string of the molecule is COCCN1CCC(O)C1c1ccc(F)c(F)c1. The lowest BCUT2D eigenvalue weighted by molar-refractivity contribution is 0.0932. The number of benzene rings is 1. The van der Waals surface area contributed by atoms with Gasteiger partial charge < -0.3 is 9.84 Å². The van der Waals surface area contributed by atoms with E-state index in [1.54, 1.807) is 7.11 Å². The number of nitrogens with zero attached hydrogens (tertiary/aromatic N) is 1. The zero-order valence-electron chi connectivity index (χ0n) is 10.3. The van der Waals surface area contributed by atoms with E-state index < -0.39 is 17.7 Å². The minimum absolute atomic E-state index is 0.282. The highest BCUT2D eigenvalue weighted by atomic mass is 19.2. The highest BCUT2D eigenvalue weighted by Crippen LogP contribution is 2.32. The summed E-state index contributed by atoms with van der Waals surface area (Å²) >= 11 is 0. The number of ether oxygens (including phenoxy) is 1. The lowest BCUT2D eigenvalue weighted by Gasteiger charge is -2.26. The molecule has 1 aliphatic heterocycles. The van der Waals surface area contributed by atoms with E-state index in [-0.39, 0.29) is 6.04 Å². The fourth-order valence-corrected chi connectivity index (χ4v) is 2.43. The Balaban J connectivity index is 2.19. The molecule has 2 rings (SSSR count). The summed E-state index contributed by atoms with van der Waals surface area (Å²) in [7, 11) is 1.61. The molecule has 0 radical (unpaired) electrons. The normalized spacial score (nSPS) is 24.7. The van der Waals surface area contributed by atoms with E-state index in [0.29, 0.717) is 25.1 Å². The standard InChI is InChI=1S/C13H17F2NO2/c1-18-7-6-16-5-4-12(17)13(16)9-2-3-10(14)11(15)8-9/h2-3,8,12-13,17H,4-7H2,1H3. The highest BCUT2D eigenvalue weighted by molar-refractivity contribution is 5.23. The number of halogens is 2. The summed E-state index contributed by atoms with van der Waals surface area (Å²) < 4.78 is 31.2. The van der Waals surface area contributed by atoms with Gasteiger partial charge in [-0.15, -0.1) is 0 Å². The molecule has 0 amide bonds. The average molecular weight is 257 g/mol. The van der Waals surface area contributed by atoms with Gasteiger partial charge in [-0.25, -0.2) is 8.78 Å². The van der Waals surface area contributed by atoms with E-state index in [0.717, 1.165) is 18.7 Å². The van der Waals surface area contributed by atoms with Crippen LogP contribution in [0.25, 0.3) is 0 Å². The van der Waals surface area contributed by atoms with Crippen LogP contribution in [0.3, 0.4) is 0 Å². The van der Waals surface area contributed by atoms with Crippen LogP contribution in [-0.4, -0.2) is 42.9 Å². The highest BCUT2D eigenvalue weighted by Gasteiger charge is 2.33. The van der Waals surface area contributed by atoms with Gasteiger partial charge >= 0.3 is 0 Å². The van der Waals surface area contributed by atoms with Crippen molar-refractivity contribution < 1.29 is 18.6 Å². The van der Waals surface area contributed by atoms with E-state index in [2.05, 4.69) is 0 Å². The van der Waals surface area contributed by atoms with Crippen molar-refractivity contribution in [3.05, 3.63) is 35.4 Å². The lowest BCUT2D eigenvalue weighted by atomic mass is 10.0. The second-order valence-electron chi connectivity index (χ2n) is 4.50. The third-order valence-electron chi connectivity index (χ3n) is 3.34. The van der Waals surface area contributed by atoms with Crippen molar-refractivity contribution in [3.63, 3.8) is 0 Å². The second-order valence-corrected chi connectivity index (χ2v) is 4.50. The first-order valence-corrected chi connectivity index (χ1v) is 5.99. The molecular weight excluding hydrogens is 240 g/mol. The van der Waals surface area contributed by atoms with Gasteiger partial charge in [0.2, 0.25) is 0 Å². The third-order valence-corrected chi connectivity index (χ3v) is 3.34. The molecule has 1 N–H and O–H groups in total. The summed E-state index contributed by atoms with van der Waals surface area (Å²) in [5.74, 6) is -1.74. The van der Waals surface area contributed by atoms with E-state index >= 15 is 0 Å². The monoisotopic (exact) mass is 257 g/mol. The number of likely N-dealkylation sites (tertiary alicyclic amines) is 1. The smallest absolute Gasteiger partial charge is 0.159 e. The molecule has 3 nitrogen and oxygen atoms in total. The predicted octanol–water partition coefficient (Wildman–Crippen LogP) is 1.72. The second kappa shape index (κ2) is 5.73. The molecule has 2 unspecified atom stereocenters. The van der Waals surface area contributed by atoms with Gasteiger partial charge in [0.1, 0.15) is 0 Å². The first-order chi connectivity index (χ1) is 8.63. The van der Waals surface area contributed by atoms with Crippen LogP contribution < -0.4 is 0 Å². The predicted molar refractivity (Wildman–Crippen MR) is 63.2 cm³/mol. The summed E-state index contributed by atoms with van der Waals surface area (Å²) in [5, 5.41) is 9.97. The average Bonchev–Trinajstić information content (AvgIpc) is 2.71. The van der Waals surface area contributed by atoms with Crippen LogP contribution >= 0.6 is 0 Å². The minimum Gasteiger partial charge on any atom is -0.391 e. The maximum absolute atomic E-state index is 13.2. The Morgan fingerprint density at radius 2 is 2.17 bits per heavy atom. The number of hydrogen-bond donors (Lipinski definition) is 1. The number of rotatable bonds is 4. The lowest BCUT2D eigenvalue weighted by Crippen LogP contribution is -2.30. The van der Waals surface area contributed by atoms with Crippen molar-refractivity contribution in [1.82, 2.24) is 4.90 Å². The van der Waals surface area contributed by atoms with Crippen molar-refractivity contribution in [1.29, 1.82) is 0 Å². The molecular formula is C13H17F2NO2. The van der Waals surface area contributed by atoms with Gasteiger partial charge in [0.25, 0.3) is 0 Å². The molecule has 1 fully saturated rings. The van der Waals surface area contributed by atoms with E-state index in [9.17, 15) is 13.9 Å². The van der Waals surface area contributed by atoms with Gasteiger partial charge in [0.05, 0.1) is 18.8 Å². The Morgan fingerprint density at radius 1 is 1.39 bits per heavy atom. The molecule has 0 saturated carbocycles. The summed E-state index contributed by atoms with van der Waals surface area (Å²) in [6.45, 7) is 1.94. The molecule has 1 saturated heterocycles. The summed E-state index contributed by atoms with van der Waals surface area (Å²) in [4.78, 5) is 2.03. The number of aliphatic hydroxyl groups is 1. The molecule has 100 valence electrons. The molecule has 0 bridgehead atoms. The van der Waals surface area contributed by atoms with Gasteiger partial charge in [-0.3, -0.25) is 4.90 Å². The molecule has 1 aliphatic rings. The van der Waals surface area contributed by atoms with Crippen LogP contribution in [0, 0.1) is 11.6 Å². The van der Waals surface area contributed by atoms with Gasteiger partial charge in [-0.1, -0.05) is 6.07 Å². The third kappa shape index (κ3) is 2.68. The Hall–Kier alpha value is -1.04. The Labute approximate surface area is 105 Å². The van der Waals surface area contributed by atoms with Crippen LogP contribution in [-0.2, 0) is 4.74 Å². The van der Waals surface area contributed by atoms with Crippen molar-refractivity contribution in [2.75, 3.05) is 26.8 Å². The molecule has 2 atom stereocenters. The van der Waals surface area contributed by atoms with Crippen molar-refractivity contribution in [2.24, 2.45) is 0 Å². The zero-order chi connectivity index (χ0) is 13.1. The molecule has 5 heteroatoms. The summed E-state index contributed by atoms with van der Waals surface area (Å²) in [5.41, 5.74) is 0.606. The van der Waals surface area contributed by atoms with Gasteiger partial charge in [-0.05, 0) is 24.1 Å². The fraction of sp³-hybridized carbons (Fsp3) is 0.538. The van der Waals surface area contributed by atoms with Gasteiger partial charge in [-0.2, -0.15) is 0 Å². The largest absolute Gasteiger partial charge is 0.391 e. The van der Waals surface area contributed by atoms with Crippen LogP contribution in [0.1, 0.15) is 18.0 Å². The maximum Gasteiger partial charge on any atom is 0.159 e. The Bertz CT molecular complexity index is 414. The van der Waals surface area contributed by atoms with E-state index in [1.165, 1.54) is 6.07 Å². The van der Waals surface area contributed by atoms with E-state index in [1.807, 2.05) is 4.90 Å². The molecule has 0 aromatic heterocycles. The van der Waals surface area contributed by atoms with Crippen LogP contribution in [0.2, 0.25) is 0 Å². The molecule has 1 aromatic rings. The molecule has 1 aromatic carbocycles. The van der Waals surface area contributed by atoms with Crippen molar-refractivity contribution in [3.8, 4) is 0 Å². The first-order valence-electron chi connectivity index (χ1n) is 5.99. The van der Waals surface area contributed by atoms with Crippen LogP contribution in [0.4, 0.5) is 8.78 Å². The van der Waals surface area contributed by atoms with Crippen molar-refractivity contribution in [2.45, 2.75) is 18.6 Å².